The fourth-order valence-electron chi connectivity index (χ4n) is 1.60. The monoisotopic (exact) mass is 189 g/mol. The summed E-state index contributed by atoms with van der Waals surface area (Å²) < 4.78 is 0. The average molecular weight is 189 g/mol. The van der Waals surface area contributed by atoms with Crippen molar-refractivity contribution >= 4 is 11.2 Å². The molecule has 0 radical (unpaired) electrons. The third-order valence-corrected chi connectivity index (χ3v) is 2.34. The highest BCUT2D eigenvalue weighted by molar-refractivity contribution is 5.74. The number of pyridine rings is 1. The second-order valence-electron chi connectivity index (χ2n) is 4.05. The van der Waals surface area contributed by atoms with Gasteiger partial charge < -0.3 is 4.98 Å². The Balaban J connectivity index is 2.70. The van der Waals surface area contributed by atoms with Crippen molar-refractivity contribution in [2.45, 2.75) is 33.6 Å². The Morgan fingerprint density at radius 2 is 1.93 bits per heavy atom. The van der Waals surface area contributed by atoms with Gasteiger partial charge in [0.2, 0.25) is 0 Å². The molecule has 0 spiro atoms. The van der Waals surface area contributed by atoms with Crippen LogP contribution in [0.3, 0.4) is 0 Å². The van der Waals surface area contributed by atoms with Crippen LogP contribution in [0.2, 0.25) is 0 Å². The SMILES string of the molecule is Cc1cc(C)c2nc(C(C)C)[nH]c2n1. The molecule has 3 nitrogen and oxygen atoms in total. The van der Waals surface area contributed by atoms with Gasteiger partial charge in [0.15, 0.2) is 5.65 Å². The van der Waals surface area contributed by atoms with Crippen molar-refractivity contribution in [1.29, 1.82) is 0 Å². The van der Waals surface area contributed by atoms with E-state index in [9.17, 15) is 0 Å². The molecule has 0 aliphatic carbocycles. The highest BCUT2D eigenvalue weighted by atomic mass is 15.0. The zero-order chi connectivity index (χ0) is 10.3. The van der Waals surface area contributed by atoms with Crippen molar-refractivity contribution in [2.75, 3.05) is 0 Å². The molecule has 0 aliphatic heterocycles. The van der Waals surface area contributed by atoms with Crippen LogP contribution in [-0.2, 0) is 0 Å². The van der Waals surface area contributed by atoms with Gasteiger partial charge in [-0.15, -0.1) is 0 Å². The van der Waals surface area contributed by atoms with Gasteiger partial charge in [-0.3, -0.25) is 0 Å². The van der Waals surface area contributed by atoms with Crippen molar-refractivity contribution in [3.8, 4) is 0 Å². The van der Waals surface area contributed by atoms with E-state index in [0.717, 1.165) is 22.7 Å². The van der Waals surface area contributed by atoms with Crippen LogP contribution in [0.1, 0.15) is 36.8 Å². The van der Waals surface area contributed by atoms with Gasteiger partial charge in [-0.05, 0) is 25.5 Å². The Hall–Kier alpha value is -1.38. The molecule has 1 N–H and O–H groups in total. The quantitative estimate of drug-likeness (QED) is 0.749. The Kier molecular flexibility index (Phi) is 2.02. The molecule has 14 heavy (non-hydrogen) atoms. The predicted molar refractivity (Wildman–Crippen MR) is 57.5 cm³/mol. The van der Waals surface area contributed by atoms with Crippen LogP contribution < -0.4 is 0 Å². The lowest BCUT2D eigenvalue weighted by Gasteiger charge is -1.95. The average Bonchev–Trinajstić information content (AvgIpc) is 2.47. The van der Waals surface area contributed by atoms with E-state index >= 15 is 0 Å². The summed E-state index contributed by atoms with van der Waals surface area (Å²) in [5.74, 6) is 1.44. The predicted octanol–water partition coefficient (Wildman–Crippen LogP) is 2.70. The highest BCUT2D eigenvalue weighted by Crippen LogP contribution is 2.18. The number of fused-ring (bicyclic) bond motifs is 1. The number of nitrogens with one attached hydrogen (secondary N) is 1. The van der Waals surface area contributed by atoms with Gasteiger partial charge in [0.1, 0.15) is 11.3 Å². The second kappa shape index (κ2) is 3.08. The molecule has 0 aliphatic rings. The fraction of sp³-hybridized carbons (Fsp3) is 0.455. The minimum absolute atomic E-state index is 0.420. The van der Waals surface area contributed by atoms with Gasteiger partial charge >= 0.3 is 0 Å². The lowest BCUT2D eigenvalue weighted by molar-refractivity contribution is 0.798. The van der Waals surface area contributed by atoms with Gasteiger partial charge in [-0.1, -0.05) is 13.8 Å². The maximum Gasteiger partial charge on any atom is 0.157 e. The molecule has 0 bridgehead atoms. The Morgan fingerprint density at radius 3 is 2.57 bits per heavy atom. The molecule has 2 aromatic rings. The number of aromatic amines is 1. The third-order valence-electron chi connectivity index (χ3n) is 2.34. The van der Waals surface area contributed by atoms with E-state index in [4.69, 9.17) is 0 Å². The number of hydrogen-bond acceptors (Lipinski definition) is 2. The molecule has 2 heterocycles. The van der Waals surface area contributed by atoms with Gasteiger partial charge in [0, 0.05) is 11.6 Å². The molecule has 2 rings (SSSR count). The van der Waals surface area contributed by atoms with Crippen molar-refractivity contribution in [3.63, 3.8) is 0 Å². The Labute approximate surface area is 83.6 Å². The first kappa shape index (κ1) is 9.19. The molecular formula is C11H15N3. The summed E-state index contributed by atoms with van der Waals surface area (Å²) in [4.78, 5) is 12.2. The summed E-state index contributed by atoms with van der Waals surface area (Å²) in [7, 11) is 0. The van der Waals surface area contributed by atoms with E-state index in [1.54, 1.807) is 0 Å². The molecule has 0 fully saturated rings. The van der Waals surface area contributed by atoms with Crippen LogP contribution in [0.25, 0.3) is 11.2 Å². The van der Waals surface area contributed by atoms with E-state index in [0.29, 0.717) is 5.92 Å². The van der Waals surface area contributed by atoms with Crippen LogP contribution in [0, 0.1) is 13.8 Å². The first-order chi connectivity index (χ1) is 6.58. The Morgan fingerprint density at radius 1 is 1.21 bits per heavy atom. The number of rotatable bonds is 1. The number of H-pyrrole nitrogens is 1. The van der Waals surface area contributed by atoms with Crippen molar-refractivity contribution in [1.82, 2.24) is 15.0 Å². The third kappa shape index (κ3) is 1.39. The summed E-state index contributed by atoms with van der Waals surface area (Å²) >= 11 is 0. The summed E-state index contributed by atoms with van der Waals surface area (Å²) in [5, 5.41) is 0. The molecule has 3 heteroatoms. The zero-order valence-corrected chi connectivity index (χ0v) is 9.05. The maximum absolute atomic E-state index is 4.53. The normalized spacial score (nSPS) is 11.5. The van der Waals surface area contributed by atoms with E-state index in [1.165, 1.54) is 5.56 Å². The fourth-order valence-corrected chi connectivity index (χ4v) is 1.60. The second-order valence-corrected chi connectivity index (χ2v) is 4.05. The number of aromatic nitrogens is 3. The largest absolute Gasteiger partial charge is 0.326 e. The minimum atomic E-state index is 0.420. The van der Waals surface area contributed by atoms with Gasteiger partial charge in [-0.2, -0.15) is 0 Å². The summed E-state index contributed by atoms with van der Waals surface area (Å²) in [6.45, 7) is 8.32. The van der Waals surface area contributed by atoms with Crippen LogP contribution in [0.15, 0.2) is 6.07 Å². The molecular weight excluding hydrogens is 174 g/mol. The number of hydrogen-bond donors (Lipinski definition) is 1. The smallest absolute Gasteiger partial charge is 0.157 e. The molecule has 74 valence electrons. The van der Waals surface area contributed by atoms with E-state index < -0.39 is 0 Å². The van der Waals surface area contributed by atoms with Crippen LogP contribution >= 0.6 is 0 Å². The molecule has 2 aromatic heterocycles. The van der Waals surface area contributed by atoms with Gasteiger partial charge in [0.25, 0.3) is 0 Å². The highest BCUT2D eigenvalue weighted by Gasteiger charge is 2.09. The standard InChI is InChI=1S/C11H15N3/c1-6(2)10-13-9-7(3)5-8(4)12-11(9)14-10/h5-6H,1-4H3,(H,12,13,14). The number of aryl methyl sites for hydroxylation is 2. The van der Waals surface area contributed by atoms with Gasteiger partial charge in [0.05, 0.1) is 0 Å². The van der Waals surface area contributed by atoms with E-state index in [2.05, 4.69) is 41.8 Å². The Bertz CT molecular complexity index is 469. The number of nitrogens with zero attached hydrogens (tertiary/aromatic N) is 2. The lowest BCUT2D eigenvalue weighted by Crippen LogP contribution is -1.88. The molecule has 0 amide bonds. The molecule has 0 saturated heterocycles. The molecule has 0 atom stereocenters. The van der Waals surface area contributed by atoms with E-state index in [1.807, 2.05) is 6.92 Å². The zero-order valence-electron chi connectivity index (χ0n) is 9.05. The van der Waals surface area contributed by atoms with Crippen LogP contribution in [0.5, 0.6) is 0 Å². The summed E-state index contributed by atoms with van der Waals surface area (Å²) in [6.07, 6.45) is 0. The minimum Gasteiger partial charge on any atom is -0.326 e. The van der Waals surface area contributed by atoms with Gasteiger partial charge in [-0.25, -0.2) is 9.97 Å². The van der Waals surface area contributed by atoms with Crippen molar-refractivity contribution in [2.24, 2.45) is 0 Å². The van der Waals surface area contributed by atoms with E-state index in [-0.39, 0.29) is 0 Å². The van der Waals surface area contributed by atoms with Crippen molar-refractivity contribution < 1.29 is 0 Å². The molecule has 0 saturated carbocycles. The first-order valence-corrected chi connectivity index (χ1v) is 4.92. The lowest BCUT2D eigenvalue weighted by atomic mass is 10.2. The molecule has 0 unspecified atom stereocenters. The summed E-state index contributed by atoms with van der Waals surface area (Å²) in [6, 6.07) is 2.06. The first-order valence-electron chi connectivity index (χ1n) is 4.92. The van der Waals surface area contributed by atoms with Crippen LogP contribution in [0.4, 0.5) is 0 Å². The van der Waals surface area contributed by atoms with Crippen LogP contribution in [-0.4, -0.2) is 15.0 Å². The maximum atomic E-state index is 4.53. The molecule has 0 aromatic carbocycles. The topological polar surface area (TPSA) is 41.6 Å². The summed E-state index contributed by atoms with van der Waals surface area (Å²) in [5.41, 5.74) is 4.13. The van der Waals surface area contributed by atoms with Crippen molar-refractivity contribution in [3.05, 3.63) is 23.1 Å². The number of imidazole rings is 1.